The third kappa shape index (κ3) is 20.4. The number of unbranched alkanes of at least 4 members (excludes halogenated alkanes) is 2. The Labute approximate surface area is 349 Å². The molecule has 0 saturated carbocycles. The normalized spacial score (nSPS) is 21.8. The van der Waals surface area contributed by atoms with E-state index in [1.165, 1.54) is 30.4 Å². The van der Waals surface area contributed by atoms with Gasteiger partial charge in [0.05, 0.1) is 29.5 Å². The largest absolute Gasteiger partial charge is 0.388 e. The zero-order chi connectivity index (χ0) is 43.0. The molecule has 0 aromatic rings. The highest BCUT2D eigenvalue weighted by Gasteiger charge is 2.45. The molecule has 14 nitrogen and oxygen atoms in total. The van der Waals surface area contributed by atoms with Crippen LogP contribution in [-0.2, 0) is 33.3 Å². The summed E-state index contributed by atoms with van der Waals surface area (Å²) in [6.07, 6.45) is -1.42. The average Bonchev–Trinajstić information content (AvgIpc) is 3.06. The highest BCUT2D eigenvalue weighted by Crippen LogP contribution is 2.36. The second-order valence-corrected chi connectivity index (χ2v) is 21.0. The standard InChI is InChI=1S/C39H70N4O10S3/c1-12-55-34(54)56-39(11,25-40)17-16-27(45)41-21-18-36(5,6)51-23-19-37(7,8)53-38(9,10)24-35(3,4)33(49)42-20-14-13-15-22-50-32-28(43-26(2)44)29(46)30(47)31(48)52-32/h28-32,46-48H,12-24H2,1-11H3,(H,41,45)(H,42,49)(H,43,44). The molecule has 6 unspecified atom stereocenters. The molecule has 3 amide bonds. The van der Waals surface area contributed by atoms with Gasteiger partial charge < -0.3 is 50.2 Å². The van der Waals surface area contributed by atoms with E-state index in [9.17, 15) is 35.0 Å². The summed E-state index contributed by atoms with van der Waals surface area (Å²) in [6, 6.07) is 1.27. The van der Waals surface area contributed by atoms with Crippen LogP contribution in [0.15, 0.2) is 0 Å². The summed E-state index contributed by atoms with van der Waals surface area (Å²) in [4.78, 5) is 37.3. The summed E-state index contributed by atoms with van der Waals surface area (Å²) in [6.45, 7) is 22.5. The van der Waals surface area contributed by atoms with Crippen molar-refractivity contribution >= 4 is 57.0 Å². The minimum Gasteiger partial charge on any atom is -0.388 e. The van der Waals surface area contributed by atoms with Crippen LogP contribution in [0.3, 0.4) is 0 Å². The van der Waals surface area contributed by atoms with Crippen molar-refractivity contribution in [2.45, 2.75) is 180 Å². The number of nitrogens with one attached hydrogen (secondary N) is 3. The third-order valence-corrected chi connectivity index (χ3v) is 11.9. The monoisotopic (exact) mass is 850 g/mol. The molecule has 0 aliphatic carbocycles. The molecule has 0 spiro atoms. The number of carbonyl (C=O) groups excluding carboxylic acids is 3. The molecular weight excluding hydrogens is 781 g/mol. The van der Waals surface area contributed by atoms with Gasteiger partial charge >= 0.3 is 0 Å². The molecule has 0 bridgehead atoms. The van der Waals surface area contributed by atoms with Gasteiger partial charge in [-0.1, -0.05) is 44.8 Å². The van der Waals surface area contributed by atoms with E-state index < -0.39 is 63.7 Å². The van der Waals surface area contributed by atoms with Gasteiger partial charge in [-0.2, -0.15) is 5.26 Å². The molecule has 17 heteroatoms. The Hall–Kier alpha value is -1.59. The minimum atomic E-state index is -1.64. The van der Waals surface area contributed by atoms with Gasteiger partial charge in [0.15, 0.2) is 12.6 Å². The maximum absolute atomic E-state index is 13.2. The van der Waals surface area contributed by atoms with Crippen molar-refractivity contribution < 1.29 is 48.7 Å². The zero-order valence-electron chi connectivity index (χ0n) is 35.5. The Bertz CT molecular complexity index is 1310. The SMILES string of the molecule is CCSC(=S)SC(C)(C#N)CCC(=O)NCCC(C)(C)OCCC(C)(C)OC(C)(C)CC(C)(C)C(=O)NCCCCCOC1OC(O)C(O)C(O)C1NC(C)=O. The van der Waals surface area contributed by atoms with E-state index in [0.717, 1.165) is 12.2 Å². The summed E-state index contributed by atoms with van der Waals surface area (Å²) >= 11 is 8.21. The molecule has 56 heavy (non-hydrogen) atoms. The second kappa shape index (κ2) is 23.9. The van der Waals surface area contributed by atoms with Gasteiger partial charge in [0, 0.05) is 38.5 Å². The van der Waals surface area contributed by atoms with Gasteiger partial charge in [0.1, 0.15) is 26.5 Å². The lowest BCUT2D eigenvalue weighted by Crippen LogP contribution is -2.63. The maximum atomic E-state index is 13.2. The molecule has 1 aliphatic rings. The van der Waals surface area contributed by atoms with Gasteiger partial charge in [0.25, 0.3) is 0 Å². The smallest absolute Gasteiger partial charge is 0.225 e. The molecule has 0 radical (unpaired) electrons. The van der Waals surface area contributed by atoms with Crippen molar-refractivity contribution in [2.24, 2.45) is 5.41 Å². The summed E-state index contributed by atoms with van der Waals surface area (Å²) < 4.78 is 23.7. The first-order valence-corrected chi connectivity index (χ1v) is 21.7. The van der Waals surface area contributed by atoms with Gasteiger partial charge in [-0.15, -0.1) is 11.8 Å². The molecule has 1 fully saturated rings. The fourth-order valence-electron chi connectivity index (χ4n) is 6.45. The third-order valence-electron chi connectivity index (χ3n) is 9.25. The molecule has 1 aliphatic heterocycles. The molecule has 6 atom stereocenters. The summed E-state index contributed by atoms with van der Waals surface area (Å²) in [5.41, 5.74) is -2.34. The lowest BCUT2D eigenvalue weighted by Gasteiger charge is -2.40. The van der Waals surface area contributed by atoms with Crippen LogP contribution in [0.25, 0.3) is 0 Å². The lowest BCUT2D eigenvalue weighted by molar-refractivity contribution is -0.315. The number of thioether (sulfide) groups is 2. The van der Waals surface area contributed by atoms with Crippen LogP contribution in [0.5, 0.6) is 0 Å². The van der Waals surface area contributed by atoms with Crippen LogP contribution in [0, 0.1) is 16.7 Å². The van der Waals surface area contributed by atoms with E-state index in [1.807, 2.05) is 69.2 Å². The predicted molar refractivity (Wildman–Crippen MR) is 225 cm³/mol. The minimum absolute atomic E-state index is 0.0798. The van der Waals surface area contributed by atoms with Crippen molar-refractivity contribution in [3.05, 3.63) is 0 Å². The van der Waals surface area contributed by atoms with Gasteiger partial charge in [-0.3, -0.25) is 14.4 Å². The zero-order valence-corrected chi connectivity index (χ0v) is 37.9. The van der Waals surface area contributed by atoms with Gasteiger partial charge in [-0.25, -0.2) is 0 Å². The van der Waals surface area contributed by atoms with Crippen LogP contribution in [-0.4, -0.2) is 121 Å². The highest BCUT2D eigenvalue weighted by atomic mass is 32.2. The fourth-order valence-corrected chi connectivity index (χ4v) is 9.35. The van der Waals surface area contributed by atoms with Crippen LogP contribution in [0.2, 0.25) is 0 Å². The number of ether oxygens (including phenoxy) is 4. The number of carbonyl (C=O) groups is 3. The van der Waals surface area contributed by atoms with E-state index in [-0.39, 0.29) is 24.8 Å². The number of aliphatic hydroxyl groups excluding tert-OH is 3. The van der Waals surface area contributed by atoms with Crippen LogP contribution < -0.4 is 16.0 Å². The Kier molecular flexibility index (Phi) is 22.3. The van der Waals surface area contributed by atoms with Crippen LogP contribution in [0.4, 0.5) is 0 Å². The van der Waals surface area contributed by atoms with E-state index in [0.29, 0.717) is 61.7 Å². The number of nitrogens with zero attached hydrogens (tertiary/aromatic N) is 1. The second-order valence-electron chi connectivity index (χ2n) is 17.1. The lowest BCUT2D eigenvalue weighted by atomic mass is 9.80. The molecular formula is C39H70N4O10S3. The molecule has 324 valence electrons. The van der Waals surface area contributed by atoms with Crippen molar-refractivity contribution in [1.29, 1.82) is 5.26 Å². The van der Waals surface area contributed by atoms with Crippen LogP contribution in [0.1, 0.15) is 128 Å². The first kappa shape index (κ1) is 52.4. The maximum Gasteiger partial charge on any atom is 0.225 e. The van der Waals surface area contributed by atoms with Crippen LogP contribution >= 0.6 is 35.7 Å². The summed E-state index contributed by atoms with van der Waals surface area (Å²) in [5, 5.41) is 48.1. The number of hydrogen-bond donors (Lipinski definition) is 6. The molecule has 0 aromatic heterocycles. The highest BCUT2D eigenvalue weighted by molar-refractivity contribution is 8.47. The molecule has 1 saturated heterocycles. The molecule has 6 N–H and O–H groups in total. The Balaban J connectivity index is 2.43. The molecule has 1 rings (SSSR count). The number of amides is 3. The van der Waals surface area contributed by atoms with E-state index in [4.69, 9.17) is 31.2 Å². The average molecular weight is 851 g/mol. The fraction of sp³-hybridized carbons (Fsp3) is 0.872. The van der Waals surface area contributed by atoms with Crippen molar-refractivity contribution in [2.75, 3.05) is 32.1 Å². The number of hydrogen-bond acceptors (Lipinski definition) is 14. The number of nitriles is 1. The molecule has 1 heterocycles. The van der Waals surface area contributed by atoms with Crippen molar-refractivity contribution in [1.82, 2.24) is 16.0 Å². The Morgan fingerprint density at radius 3 is 2.12 bits per heavy atom. The Morgan fingerprint density at radius 1 is 0.857 bits per heavy atom. The number of aliphatic hydroxyl groups is 3. The van der Waals surface area contributed by atoms with E-state index >= 15 is 0 Å². The summed E-state index contributed by atoms with van der Waals surface area (Å²) in [5.74, 6) is 0.219. The topological polar surface area (TPSA) is 209 Å². The Morgan fingerprint density at radius 2 is 1.52 bits per heavy atom. The quantitative estimate of drug-likeness (QED) is 0.0544. The first-order chi connectivity index (χ1) is 25.8. The summed E-state index contributed by atoms with van der Waals surface area (Å²) in [7, 11) is 0. The van der Waals surface area contributed by atoms with E-state index in [1.54, 1.807) is 0 Å². The number of rotatable bonds is 25. The molecule has 0 aromatic carbocycles. The number of thiocarbonyl (C=S) groups is 1. The van der Waals surface area contributed by atoms with E-state index in [2.05, 4.69) is 22.0 Å². The van der Waals surface area contributed by atoms with Gasteiger partial charge in [-0.05, 0) is 99.2 Å². The van der Waals surface area contributed by atoms with Gasteiger partial charge in [0.2, 0.25) is 17.7 Å². The predicted octanol–water partition coefficient (Wildman–Crippen LogP) is 4.71. The first-order valence-electron chi connectivity index (χ1n) is 19.5. The van der Waals surface area contributed by atoms with Crippen molar-refractivity contribution in [3.63, 3.8) is 0 Å². The van der Waals surface area contributed by atoms with Crippen molar-refractivity contribution in [3.8, 4) is 6.07 Å².